The van der Waals surface area contributed by atoms with Gasteiger partial charge in [-0.1, -0.05) is 6.92 Å². The van der Waals surface area contributed by atoms with Crippen molar-refractivity contribution in [1.29, 1.82) is 0 Å². The summed E-state index contributed by atoms with van der Waals surface area (Å²) in [5.74, 6) is -1.31. The molecule has 16 heavy (non-hydrogen) atoms. The fourth-order valence-corrected chi connectivity index (χ4v) is 2.40. The highest BCUT2D eigenvalue weighted by molar-refractivity contribution is 7.13. The van der Waals surface area contributed by atoms with Crippen LogP contribution in [0.25, 0.3) is 10.7 Å². The molecule has 0 aliphatic carbocycles. The second-order valence-electron chi connectivity index (χ2n) is 3.46. The summed E-state index contributed by atoms with van der Waals surface area (Å²) in [6.45, 7) is 1.85. The van der Waals surface area contributed by atoms with Crippen LogP contribution in [0.15, 0.2) is 23.7 Å². The summed E-state index contributed by atoms with van der Waals surface area (Å²) >= 11 is 1.46. The number of H-pyrrole nitrogens is 1. The highest BCUT2D eigenvalue weighted by atomic mass is 32.1. The van der Waals surface area contributed by atoms with Crippen molar-refractivity contribution in [2.75, 3.05) is 0 Å². The van der Waals surface area contributed by atoms with Crippen molar-refractivity contribution >= 4 is 17.3 Å². The van der Waals surface area contributed by atoms with Gasteiger partial charge in [-0.05, 0) is 18.6 Å². The molecule has 0 aliphatic rings. The van der Waals surface area contributed by atoms with Crippen molar-refractivity contribution in [3.05, 3.63) is 29.4 Å². The number of aromatic nitrogens is 2. The fraction of sp³-hybridized carbons (Fsp3) is 0.273. The predicted octanol–water partition coefficient (Wildman–Crippen LogP) is 2.72. The van der Waals surface area contributed by atoms with Crippen LogP contribution >= 0.6 is 11.3 Å². The highest BCUT2D eigenvalue weighted by Gasteiger charge is 2.20. The number of carbonyl (C=O) groups is 1. The standard InChI is InChI=1S/C11H12N2O2S/c1-2-7(11(14)15)9-6-16-10(13-9)8-4-3-5-12-8/h3-7,12H,2H2,1H3,(H,14,15). The van der Waals surface area contributed by atoms with E-state index in [2.05, 4.69) is 9.97 Å². The summed E-state index contributed by atoms with van der Waals surface area (Å²) in [4.78, 5) is 18.4. The molecule has 0 bridgehead atoms. The average molecular weight is 236 g/mol. The van der Waals surface area contributed by atoms with Gasteiger partial charge in [0, 0.05) is 11.6 Å². The lowest BCUT2D eigenvalue weighted by molar-refractivity contribution is -0.138. The van der Waals surface area contributed by atoms with Gasteiger partial charge in [-0.3, -0.25) is 4.79 Å². The van der Waals surface area contributed by atoms with Gasteiger partial charge in [0.25, 0.3) is 0 Å². The maximum Gasteiger partial charge on any atom is 0.312 e. The second kappa shape index (κ2) is 4.49. The van der Waals surface area contributed by atoms with Crippen LogP contribution in [0.2, 0.25) is 0 Å². The summed E-state index contributed by atoms with van der Waals surface area (Å²) in [5.41, 5.74) is 1.57. The van der Waals surface area contributed by atoms with Crippen LogP contribution in [0.1, 0.15) is 25.0 Å². The number of carboxylic acids is 1. The number of rotatable bonds is 4. The van der Waals surface area contributed by atoms with Gasteiger partial charge in [-0.15, -0.1) is 11.3 Å². The number of aliphatic carboxylic acids is 1. The monoisotopic (exact) mass is 236 g/mol. The van der Waals surface area contributed by atoms with Crippen molar-refractivity contribution in [3.8, 4) is 10.7 Å². The first kappa shape index (κ1) is 10.9. The Balaban J connectivity index is 2.29. The first-order chi connectivity index (χ1) is 7.72. The van der Waals surface area contributed by atoms with E-state index in [0.29, 0.717) is 12.1 Å². The number of nitrogens with one attached hydrogen (secondary N) is 1. The van der Waals surface area contributed by atoms with Crippen LogP contribution < -0.4 is 0 Å². The second-order valence-corrected chi connectivity index (χ2v) is 4.32. The van der Waals surface area contributed by atoms with Crippen molar-refractivity contribution in [3.63, 3.8) is 0 Å². The van der Waals surface area contributed by atoms with E-state index in [-0.39, 0.29) is 0 Å². The average Bonchev–Trinajstić information content (AvgIpc) is 2.86. The van der Waals surface area contributed by atoms with Crippen molar-refractivity contribution in [1.82, 2.24) is 9.97 Å². The Hall–Kier alpha value is -1.62. The Morgan fingerprint density at radius 3 is 3.06 bits per heavy atom. The summed E-state index contributed by atoms with van der Waals surface area (Å²) in [7, 11) is 0. The SMILES string of the molecule is CCC(C(=O)O)c1csc(-c2ccc[nH]2)n1. The van der Waals surface area contributed by atoms with Gasteiger partial charge >= 0.3 is 5.97 Å². The van der Waals surface area contributed by atoms with Gasteiger partial charge in [0.2, 0.25) is 0 Å². The van der Waals surface area contributed by atoms with Crippen LogP contribution in [-0.4, -0.2) is 21.0 Å². The van der Waals surface area contributed by atoms with E-state index in [1.54, 1.807) is 0 Å². The number of hydrogen-bond acceptors (Lipinski definition) is 3. The van der Waals surface area contributed by atoms with Crippen LogP contribution in [0, 0.1) is 0 Å². The smallest absolute Gasteiger partial charge is 0.312 e. The first-order valence-electron chi connectivity index (χ1n) is 5.04. The minimum Gasteiger partial charge on any atom is -0.481 e. The maximum absolute atomic E-state index is 11.0. The highest BCUT2D eigenvalue weighted by Crippen LogP contribution is 2.27. The molecule has 5 heteroatoms. The van der Waals surface area contributed by atoms with E-state index in [1.165, 1.54) is 11.3 Å². The fourth-order valence-electron chi connectivity index (χ4n) is 1.54. The molecule has 2 N–H and O–H groups in total. The Bertz CT molecular complexity index is 476. The molecule has 2 heterocycles. The van der Waals surface area contributed by atoms with E-state index >= 15 is 0 Å². The van der Waals surface area contributed by atoms with Crippen molar-refractivity contribution in [2.24, 2.45) is 0 Å². The first-order valence-corrected chi connectivity index (χ1v) is 5.92. The number of thiazole rings is 1. The summed E-state index contributed by atoms with van der Waals surface area (Å²) in [6, 6.07) is 3.81. The van der Waals surface area contributed by atoms with Gasteiger partial charge in [0.05, 0.1) is 17.3 Å². The molecule has 1 unspecified atom stereocenters. The molecule has 0 radical (unpaired) electrons. The predicted molar refractivity (Wildman–Crippen MR) is 62.6 cm³/mol. The molecule has 2 rings (SSSR count). The van der Waals surface area contributed by atoms with E-state index in [4.69, 9.17) is 5.11 Å². The minimum absolute atomic E-state index is 0.500. The third-order valence-corrected chi connectivity index (χ3v) is 3.31. The summed E-state index contributed by atoms with van der Waals surface area (Å²) < 4.78 is 0. The maximum atomic E-state index is 11.0. The van der Waals surface area contributed by atoms with Gasteiger partial charge in [0.1, 0.15) is 5.01 Å². The molecule has 0 fully saturated rings. The van der Waals surface area contributed by atoms with E-state index < -0.39 is 11.9 Å². The molecule has 0 aliphatic heterocycles. The van der Waals surface area contributed by atoms with Gasteiger partial charge in [0.15, 0.2) is 0 Å². The zero-order chi connectivity index (χ0) is 11.5. The molecule has 0 aromatic carbocycles. The van der Waals surface area contributed by atoms with Crippen LogP contribution in [0.5, 0.6) is 0 Å². The molecule has 84 valence electrons. The van der Waals surface area contributed by atoms with Gasteiger partial charge in [-0.25, -0.2) is 4.98 Å². The van der Waals surface area contributed by atoms with E-state index in [9.17, 15) is 4.79 Å². The number of nitrogens with zero attached hydrogens (tertiary/aromatic N) is 1. The molecule has 1 atom stereocenters. The molecule has 0 amide bonds. The molecule has 2 aromatic rings. The summed E-state index contributed by atoms with van der Waals surface area (Å²) in [6.07, 6.45) is 2.38. The lowest BCUT2D eigenvalue weighted by atomic mass is 10.0. The molecule has 0 saturated carbocycles. The molecular formula is C11H12N2O2S. The topological polar surface area (TPSA) is 66.0 Å². The van der Waals surface area contributed by atoms with Crippen LogP contribution in [0.3, 0.4) is 0 Å². The Morgan fingerprint density at radius 2 is 2.50 bits per heavy atom. The van der Waals surface area contributed by atoms with Gasteiger partial charge in [-0.2, -0.15) is 0 Å². The van der Waals surface area contributed by atoms with Crippen molar-refractivity contribution < 1.29 is 9.90 Å². The molecular weight excluding hydrogens is 224 g/mol. The third-order valence-electron chi connectivity index (χ3n) is 2.41. The lowest BCUT2D eigenvalue weighted by Crippen LogP contribution is -2.10. The largest absolute Gasteiger partial charge is 0.481 e. The lowest BCUT2D eigenvalue weighted by Gasteiger charge is -2.04. The molecule has 4 nitrogen and oxygen atoms in total. The van der Waals surface area contributed by atoms with Gasteiger partial charge < -0.3 is 10.1 Å². The zero-order valence-electron chi connectivity index (χ0n) is 8.80. The Kier molecular flexibility index (Phi) is 3.05. The van der Waals surface area contributed by atoms with Crippen LogP contribution in [-0.2, 0) is 4.79 Å². The number of aromatic amines is 1. The zero-order valence-corrected chi connectivity index (χ0v) is 9.62. The third kappa shape index (κ3) is 1.99. The quantitative estimate of drug-likeness (QED) is 0.857. The minimum atomic E-state index is -0.814. The van der Waals surface area contributed by atoms with Crippen LogP contribution in [0.4, 0.5) is 0 Å². The number of carboxylic acid groups (broad SMARTS) is 1. The van der Waals surface area contributed by atoms with E-state index in [1.807, 2.05) is 30.6 Å². The summed E-state index contributed by atoms with van der Waals surface area (Å²) in [5, 5.41) is 11.7. The Morgan fingerprint density at radius 1 is 1.69 bits per heavy atom. The molecule has 0 spiro atoms. The number of hydrogen-bond donors (Lipinski definition) is 2. The molecule has 2 aromatic heterocycles. The van der Waals surface area contributed by atoms with E-state index in [0.717, 1.165) is 10.7 Å². The van der Waals surface area contributed by atoms with Crippen molar-refractivity contribution in [2.45, 2.75) is 19.3 Å². The molecule has 0 saturated heterocycles. The Labute approximate surface area is 97.0 Å². The normalized spacial score (nSPS) is 12.6.